The maximum atomic E-state index is 10.4. The minimum absolute atomic E-state index is 0.586. The van der Waals surface area contributed by atoms with E-state index in [9.17, 15) is 10.4 Å². The number of rotatable bonds is 1. The van der Waals surface area contributed by atoms with E-state index in [-0.39, 0.29) is 0 Å². The van der Waals surface area contributed by atoms with Crippen molar-refractivity contribution in [2.75, 3.05) is 0 Å². The lowest BCUT2D eigenvalue weighted by Gasteiger charge is -2.37. The highest BCUT2D eigenvalue weighted by atomic mass is 16.6. The molecule has 0 saturated carbocycles. The van der Waals surface area contributed by atoms with Crippen LogP contribution >= 0.6 is 0 Å². The largest absolute Gasteiger partial charge is 0.311 e. The summed E-state index contributed by atoms with van der Waals surface area (Å²) in [6.07, 6.45) is 4.72. The second kappa shape index (κ2) is 4.32. The molecular weight excluding hydrogens is 240 g/mol. The van der Waals surface area contributed by atoms with Crippen LogP contribution in [0, 0.1) is 12.3 Å². The molecule has 1 aliphatic rings. The predicted molar refractivity (Wildman–Crippen MR) is 72.5 cm³/mol. The standard InChI is InChI=1S/C15H20N2O2/c1-6-11-7-9-12(10-8-11)13-16(18)14(2,3)15(4,5)17(13)19/h1,7-10,13,18-19H,2-5H3. The summed E-state index contributed by atoms with van der Waals surface area (Å²) in [4.78, 5) is 0. The molecule has 102 valence electrons. The fraction of sp³-hybridized carbons (Fsp3) is 0.467. The topological polar surface area (TPSA) is 46.9 Å². The van der Waals surface area contributed by atoms with Gasteiger partial charge in [0.05, 0.1) is 11.1 Å². The van der Waals surface area contributed by atoms with Crippen molar-refractivity contribution in [2.45, 2.75) is 44.9 Å². The molecule has 1 fully saturated rings. The molecule has 0 spiro atoms. The average Bonchev–Trinajstić information content (AvgIpc) is 2.49. The van der Waals surface area contributed by atoms with Crippen LogP contribution in [0.4, 0.5) is 0 Å². The second-order valence-electron chi connectivity index (χ2n) is 5.95. The summed E-state index contributed by atoms with van der Waals surface area (Å²) in [7, 11) is 0. The maximum Gasteiger partial charge on any atom is 0.136 e. The van der Waals surface area contributed by atoms with Crippen LogP contribution in [-0.4, -0.2) is 31.6 Å². The molecule has 2 N–H and O–H groups in total. The monoisotopic (exact) mass is 260 g/mol. The molecule has 19 heavy (non-hydrogen) atoms. The zero-order valence-corrected chi connectivity index (χ0v) is 11.8. The van der Waals surface area contributed by atoms with Gasteiger partial charge in [0.15, 0.2) is 0 Å². The molecule has 0 radical (unpaired) electrons. The number of hydrogen-bond donors (Lipinski definition) is 2. The van der Waals surface area contributed by atoms with Crippen LogP contribution < -0.4 is 0 Å². The van der Waals surface area contributed by atoms with Crippen LogP contribution in [0.3, 0.4) is 0 Å². The lowest BCUT2D eigenvalue weighted by atomic mass is 9.84. The Morgan fingerprint density at radius 1 is 1.00 bits per heavy atom. The van der Waals surface area contributed by atoms with Gasteiger partial charge >= 0.3 is 0 Å². The summed E-state index contributed by atoms with van der Waals surface area (Å²) in [6, 6.07) is 7.25. The van der Waals surface area contributed by atoms with Crippen molar-refractivity contribution in [2.24, 2.45) is 0 Å². The molecule has 0 atom stereocenters. The van der Waals surface area contributed by atoms with E-state index in [2.05, 4.69) is 5.92 Å². The Balaban J connectivity index is 2.43. The van der Waals surface area contributed by atoms with Gasteiger partial charge in [0, 0.05) is 5.56 Å². The number of hydroxylamine groups is 4. The zero-order valence-electron chi connectivity index (χ0n) is 11.8. The third kappa shape index (κ3) is 1.87. The van der Waals surface area contributed by atoms with Crippen LogP contribution in [0.15, 0.2) is 24.3 Å². The molecule has 0 aliphatic carbocycles. The van der Waals surface area contributed by atoms with Crippen molar-refractivity contribution in [1.29, 1.82) is 0 Å². The first-order chi connectivity index (χ1) is 8.73. The van der Waals surface area contributed by atoms with E-state index in [1.807, 2.05) is 39.8 Å². The molecular formula is C15H20N2O2. The van der Waals surface area contributed by atoms with Gasteiger partial charge in [-0.2, -0.15) is 10.1 Å². The van der Waals surface area contributed by atoms with E-state index < -0.39 is 17.2 Å². The summed E-state index contributed by atoms with van der Waals surface area (Å²) in [6.45, 7) is 7.58. The van der Waals surface area contributed by atoms with Gasteiger partial charge in [-0.1, -0.05) is 18.1 Å². The smallest absolute Gasteiger partial charge is 0.136 e. The molecule has 0 unspecified atom stereocenters. The summed E-state index contributed by atoms with van der Waals surface area (Å²) in [5, 5.41) is 23.2. The zero-order chi connectivity index (χ0) is 14.4. The Kier molecular flexibility index (Phi) is 3.20. The Bertz CT molecular complexity index is 494. The summed E-state index contributed by atoms with van der Waals surface area (Å²) < 4.78 is 0. The number of hydrogen-bond acceptors (Lipinski definition) is 4. The molecule has 1 aliphatic heterocycles. The number of terminal acetylenes is 1. The van der Waals surface area contributed by atoms with E-state index >= 15 is 0 Å². The minimum atomic E-state index is -0.600. The van der Waals surface area contributed by atoms with Crippen LogP contribution in [0.5, 0.6) is 0 Å². The minimum Gasteiger partial charge on any atom is -0.311 e. The number of nitrogens with zero attached hydrogens (tertiary/aromatic N) is 2. The SMILES string of the molecule is C#Cc1ccc(C2N(O)C(C)(C)C(C)(C)N2O)cc1. The Hall–Kier alpha value is -1.38. The third-order valence-electron chi connectivity index (χ3n) is 4.48. The molecule has 0 aromatic heterocycles. The lowest BCUT2D eigenvalue weighted by molar-refractivity contribution is -0.223. The van der Waals surface area contributed by atoms with Gasteiger partial charge in [-0.3, -0.25) is 0 Å². The van der Waals surface area contributed by atoms with E-state index in [0.717, 1.165) is 11.1 Å². The van der Waals surface area contributed by atoms with Crippen molar-refractivity contribution in [3.8, 4) is 12.3 Å². The summed E-state index contributed by atoms with van der Waals surface area (Å²) in [5.41, 5.74) is 0.394. The van der Waals surface area contributed by atoms with Gasteiger partial charge in [0.2, 0.25) is 0 Å². The molecule has 1 saturated heterocycles. The van der Waals surface area contributed by atoms with Crippen LogP contribution in [0.25, 0.3) is 0 Å². The molecule has 1 aromatic rings. The van der Waals surface area contributed by atoms with E-state index in [4.69, 9.17) is 6.42 Å². The first kappa shape index (κ1) is 14.0. The highest BCUT2D eigenvalue weighted by Gasteiger charge is 2.58. The van der Waals surface area contributed by atoms with E-state index in [1.165, 1.54) is 10.1 Å². The van der Waals surface area contributed by atoms with Gasteiger partial charge in [0.25, 0.3) is 0 Å². The average molecular weight is 260 g/mol. The van der Waals surface area contributed by atoms with Crippen molar-refractivity contribution < 1.29 is 10.4 Å². The van der Waals surface area contributed by atoms with Crippen LogP contribution in [0.2, 0.25) is 0 Å². The molecule has 2 rings (SSSR count). The summed E-state index contributed by atoms with van der Waals surface area (Å²) in [5.74, 6) is 2.55. The van der Waals surface area contributed by atoms with Crippen molar-refractivity contribution in [3.63, 3.8) is 0 Å². The first-order valence-corrected chi connectivity index (χ1v) is 6.26. The van der Waals surface area contributed by atoms with E-state index in [0.29, 0.717) is 0 Å². The lowest BCUT2D eigenvalue weighted by Crippen LogP contribution is -2.52. The highest BCUT2D eigenvalue weighted by molar-refractivity contribution is 5.35. The first-order valence-electron chi connectivity index (χ1n) is 6.26. The van der Waals surface area contributed by atoms with Gasteiger partial charge in [-0.15, -0.1) is 6.42 Å². The molecule has 0 bridgehead atoms. The number of benzene rings is 1. The quantitative estimate of drug-likeness (QED) is 0.762. The third-order valence-corrected chi connectivity index (χ3v) is 4.48. The van der Waals surface area contributed by atoms with E-state index in [1.54, 1.807) is 12.1 Å². The van der Waals surface area contributed by atoms with Gasteiger partial charge < -0.3 is 10.4 Å². The molecule has 1 heterocycles. The molecule has 0 amide bonds. The van der Waals surface area contributed by atoms with Crippen molar-refractivity contribution >= 4 is 0 Å². The van der Waals surface area contributed by atoms with Crippen LogP contribution in [-0.2, 0) is 0 Å². The predicted octanol–water partition coefficient (Wildman–Crippen LogP) is 2.62. The molecule has 4 nitrogen and oxygen atoms in total. The van der Waals surface area contributed by atoms with Crippen LogP contribution in [0.1, 0.15) is 45.0 Å². The Morgan fingerprint density at radius 3 is 1.79 bits per heavy atom. The Morgan fingerprint density at radius 2 is 1.42 bits per heavy atom. The fourth-order valence-electron chi connectivity index (χ4n) is 2.31. The normalized spacial score (nSPS) is 23.4. The maximum absolute atomic E-state index is 10.4. The van der Waals surface area contributed by atoms with Gasteiger partial charge in [-0.05, 0) is 45.4 Å². The fourth-order valence-corrected chi connectivity index (χ4v) is 2.31. The van der Waals surface area contributed by atoms with Gasteiger partial charge in [0.1, 0.15) is 6.17 Å². The van der Waals surface area contributed by atoms with Crippen molar-refractivity contribution in [1.82, 2.24) is 10.1 Å². The molecule has 1 aromatic carbocycles. The highest BCUT2D eigenvalue weighted by Crippen LogP contribution is 2.47. The van der Waals surface area contributed by atoms with Gasteiger partial charge in [-0.25, -0.2) is 0 Å². The molecule has 4 heteroatoms. The van der Waals surface area contributed by atoms with Crippen molar-refractivity contribution in [3.05, 3.63) is 35.4 Å². The Labute approximate surface area is 114 Å². The second-order valence-corrected chi connectivity index (χ2v) is 5.95. The summed E-state index contributed by atoms with van der Waals surface area (Å²) >= 11 is 0.